The van der Waals surface area contributed by atoms with Crippen molar-refractivity contribution in [3.63, 3.8) is 0 Å². The minimum atomic E-state index is -0.217. The molecule has 1 aliphatic rings. The predicted molar refractivity (Wildman–Crippen MR) is 118 cm³/mol. The van der Waals surface area contributed by atoms with Gasteiger partial charge in [0.2, 0.25) is 0 Å². The van der Waals surface area contributed by atoms with E-state index in [-0.39, 0.29) is 17.9 Å². The van der Waals surface area contributed by atoms with E-state index in [0.29, 0.717) is 22.7 Å². The van der Waals surface area contributed by atoms with Crippen LogP contribution >= 0.6 is 11.3 Å². The summed E-state index contributed by atoms with van der Waals surface area (Å²) in [7, 11) is 0. The SMILES string of the molecule is O=C(Nc1ccccc1C(=O)NC[C@@H](c1ccco1)N1CCCCC1)c1cccs1. The summed E-state index contributed by atoms with van der Waals surface area (Å²) in [6.07, 6.45) is 5.22. The second-order valence-electron chi connectivity index (χ2n) is 7.31. The molecule has 0 radical (unpaired) electrons. The molecule has 0 unspecified atom stereocenters. The van der Waals surface area contributed by atoms with Crippen LogP contribution in [0.25, 0.3) is 0 Å². The number of piperidine rings is 1. The van der Waals surface area contributed by atoms with Gasteiger partial charge in [-0.25, -0.2) is 0 Å². The van der Waals surface area contributed by atoms with Crippen LogP contribution in [0, 0.1) is 0 Å². The minimum Gasteiger partial charge on any atom is -0.468 e. The van der Waals surface area contributed by atoms with E-state index in [1.807, 2.05) is 23.6 Å². The lowest BCUT2D eigenvalue weighted by Gasteiger charge is -2.33. The van der Waals surface area contributed by atoms with E-state index >= 15 is 0 Å². The molecule has 2 amide bonds. The van der Waals surface area contributed by atoms with Crippen LogP contribution in [0.1, 0.15) is 51.1 Å². The van der Waals surface area contributed by atoms with Gasteiger partial charge in [-0.2, -0.15) is 0 Å². The van der Waals surface area contributed by atoms with Gasteiger partial charge in [-0.3, -0.25) is 14.5 Å². The van der Waals surface area contributed by atoms with Gasteiger partial charge < -0.3 is 15.1 Å². The van der Waals surface area contributed by atoms with E-state index in [1.165, 1.54) is 17.8 Å². The number of rotatable bonds is 7. The standard InChI is InChI=1S/C23H25N3O3S/c27-22(17-8-2-3-9-18(17)25-23(28)21-11-7-15-30-21)24-16-19(20-10-6-14-29-20)26-12-4-1-5-13-26/h2-3,6-11,14-15,19H,1,4-5,12-13,16H2,(H,24,27)(H,25,28)/t19-/m0/s1. The van der Waals surface area contributed by atoms with Gasteiger partial charge >= 0.3 is 0 Å². The first-order chi connectivity index (χ1) is 14.7. The Morgan fingerprint density at radius 3 is 2.57 bits per heavy atom. The zero-order chi connectivity index (χ0) is 20.8. The van der Waals surface area contributed by atoms with Crippen LogP contribution in [0.2, 0.25) is 0 Å². The minimum absolute atomic E-state index is 0.00266. The van der Waals surface area contributed by atoms with Crippen molar-refractivity contribution in [3.8, 4) is 0 Å². The normalized spacial score (nSPS) is 15.5. The first-order valence-corrected chi connectivity index (χ1v) is 11.1. The number of likely N-dealkylation sites (tertiary alicyclic amines) is 1. The van der Waals surface area contributed by atoms with E-state index < -0.39 is 0 Å². The van der Waals surface area contributed by atoms with Gasteiger partial charge in [0.05, 0.1) is 28.4 Å². The molecule has 2 N–H and O–H groups in total. The van der Waals surface area contributed by atoms with E-state index in [0.717, 1.165) is 31.7 Å². The van der Waals surface area contributed by atoms with E-state index in [2.05, 4.69) is 15.5 Å². The van der Waals surface area contributed by atoms with Gasteiger partial charge in [-0.15, -0.1) is 11.3 Å². The molecule has 3 aromatic rings. The molecule has 0 bridgehead atoms. The largest absolute Gasteiger partial charge is 0.468 e. The number of hydrogen-bond acceptors (Lipinski definition) is 5. The smallest absolute Gasteiger partial charge is 0.265 e. The summed E-state index contributed by atoms with van der Waals surface area (Å²) in [5.41, 5.74) is 0.945. The van der Waals surface area contributed by atoms with Crippen LogP contribution in [-0.4, -0.2) is 36.3 Å². The molecule has 0 spiro atoms. The topological polar surface area (TPSA) is 74.6 Å². The zero-order valence-electron chi connectivity index (χ0n) is 16.7. The number of benzene rings is 1. The van der Waals surface area contributed by atoms with E-state index in [1.54, 1.807) is 36.6 Å². The average Bonchev–Trinajstić information content (AvgIpc) is 3.50. The Kier molecular flexibility index (Phi) is 6.61. The van der Waals surface area contributed by atoms with Crippen LogP contribution in [0.15, 0.2) is 64.6 Å². The summed E-state index contributed by atoms with van der Waals surface area (Å²) in [6.45, 7) is 2.43. The molecule has 4 rings (SSSR count). The van der Waals surface area contributed by atoms with Crippen molar-refractivity contribution in [2.75, 3.05) is 25.0 Å². The first kappa shape index (κ1) is 20.4. The fraction of sp³-hybridized carbons (Fsp3) is 0.304. The summed E-state index contributed by atoms with van der Waals surface area (Å²) >= 11 is 1.36. The van der Waals surface area contributed by atoms with Crippen molar-refractivity contribution in [2.24, 2.45) is 0 Å². The maximum absolute atomic E-state index is 13.0. The molecule has 6 nitrogen and oxygen atoms in total. The number of nitrogens with one attached hydrogen (secondary N) is 2. The van der Waals surface area contributed by atoms with Crippen LogP contribution in [0.5, 0.6) is 0 Å². The van der Waals surface area contributed by atoms with Gasteiger partial charge in [0.25, 0.3) is 11.8 Å². The van der Waals surface area contributed by atoms with Gasteiger partial charge in [0, 0.05) is 6.54 Å². The quantitative estimate of drug-likeness (QED) is 0.585. The molecule has 1 atom stereocenters. The lowest BCUT2D eigenvalue weighted by atomic mass is 10.1. The third-order valence-corrected chi connectivity index (χ3v) is 6.19. The highest BCUT2D eigenvalue weighted by molar-refractivity contribution is 7.12. The Morgan fingerprint density at radius 2 is 1.83 bits per heavy atom. The number of para-hydroxylation sites is 1. The highest BCUT2D eigenvalue weighted by atomic mass is 32.1. The second-order valence-corrected chi connectivity index (χ2v) is 8.26. The van der Waals surface area contributed by atoms with Crippen molar-refractivity contribution in [1.82, 2.24) is 10.2 Å². The molecule has 2 aromatic heterocycles. The number of nitrogens with zero attached hydrogens (tertiary/aromatic N) is 1. The van der Waals surface area contributed by atoms with Crippen LogP contribution in [0.3, 0.4) is 0 Å². The highest BCUT2D eigenvalue weighted by Crippen LogP contribution is 2.25. The molecule has 1 fully saturated rings. The number of thiophene rings is 1. The predicted octanol–water partition coefficient (Wildman–Crippen LogP) is 4.55. The number of hydrogen-bond donors (Lipinski definition) is 2. The Hall–Kier alpha value is -2.90. The maximum atomic E-state index is 13.0. The van der Waals surface area contributed by atoms with Gasteiger partial charge in [-0.05, 0) is 61.6 Å². The van der Waals surface area contributed by atoms with E-state index in [4.69, 9.17) is 4.42 Å². The summed E-state index contributed by atoms with van der Waals surface area (Å²) in [5.74, 6) is 0.425. The third kappa shape index (κ3) is 4.80. The van der Waals surface area contributed by atoms with Crippen molar-refractivity contribution in [3.05, 3.63) is 76.4 Å². The highest BCUT2D eigenvalue weighted by Gasteiger charge is 2.25. The zero-order valence-corrected chi connectivity index (χ0v) is 17.5. The van der Waals surface area contributed by atoms with Crippen molar-refractivity contribution in [1.29, 1.82) is 0 Å². The molecule has 1 saturated heterocycles. The molecule has 1 aliphatic heterocycles. The molecular weight excluding hydrogens is 398 g/mol. The Labute approximate surface area is 179 Å². The molecule has 30 heavy (non-hydrogen) atoms. The van der Waals surface area contributed by atoms with Gasteiger partial charge in [0.1, 0.15) is 5.76 Å². The second kappa shape index (κ2) is 9.73. The summed E-state index contributed by atoms with van der Waals surface area (Å²) < 4.78 is 5.66. The molecule has 3 heterocycles. The fourth-order valence-corrected chi connectivity index (χ4v) is 4.41. The lowest BCUT2D eigenvalue weighted by molar-refractivity contribution is 0.0915. The van der Waals surface area contributed by atoms with Crippen molar-refractivity contribution in [2.45, 2.75) is 25.3 Å². The van der Waals surface area contributed by atoms with Crippen molar-refractivity contribution < 1.29 is 14.0 Å². The first-order valence-electron chi connectivity index (χ1n) is 10.2. The molecule has 7 heteroatoms. The molecule has 1 aromatic carbocycles. The molecule has 0 aliphatic carbocycles. The fourth-order valence-electron chi connectivity index (χ4n) is 3.79. The molecule has 0 saturated carbocycles. The Morgan fingerprint density at radius 1 is 1.00 bits per heavy atom. The van der Waals surface area contributed by atoms with Crippen LogP contribution < -0.4 is 10.6 Å². The number of anilines is 1. The van der Waals surface area contributed by atoms with Crippen LogP contribution in [-0.2, 0) is 0 Å². The molecule has 156 valence electrons. The maximum Gasteiger partial charge on any atom is 0.265 e. The van der Waals surface area contributed by atoms with Crippen LogP contribution in [0.4, 0.5) is 5.69 Å². The Bertz CT molecular complexity index is 964. The number of carbonyl (C=O) groups is 2. The number of furan rings is 1. The van der Waals surface area contributed by atoms with Crippen molar-refractivity contribution >= 4 is 28.8 Å². The van der Waals surface area contributed by atoms with E-state index in [9.17, 15) is 9.59 Å². The average molecular weight is 424 g/mol. The van der Waals surface area contributed by atoms with Gasteiger partial charge in [0.15, 0.2) is 0 Å². The summed E-state index contributed by atoms with van der Waals surface area (Å²) in [4.78, 5) is 28.4. The summed E-state index contributed by atoms with van der Waals surface area (Å²) in [5, 5.41) is 7.75. The number of amides is 2. The summed E-state index contributed by atoms with van der Waals surface area (Å²) in [6, 6.07) is 14.5. The Balaban J connectivity index is 1.46. The van der Waals surface area contributed by atoms with Gasteiger partial charge in [-0.1, -0.05) is 24.6 Å². The molecular formula is C23H25N3O3S. The monoisotopic (exact) mass is 423 g/mol. The third-order valence-electron chi connectivity index (χ3n) is 5.32. The number of carbonyl (C=O) groups excluding carboxylic acids is 2. The lowest BCUT2D eigenvalue weighted by Crippen LogP contribution is -2.40.